The van der Waals surface area contributed by atoms with Crippen molar-refractivity contribution in [2.24, 2.45) is 5.73 Å². The molecular formula is C14H20N2O4. The molecule has 1 heterocycles. The van der Waals surface area contributed by atoms with E-state index in [0.29, 0.717) is 19.6 Å². The summed E-state index contributed by atoms with van der Waals surface area (Å²) in [5, 5.41) is 19.2. The molecule has 0 radical (unpaired) electrons. The Labute approximate surface area is 117 Å². The van der Waals surface area contributed by atoms with Gasteiger partial charge in [-0.1, -0.05) is 0 Å². The number of carbonyl (C=O) groups excluding carboxylic acids is 1. The molecule has 1 saturated heterocycles. The van der Waals surface area contributed by atoms with Crippen LogP contribution in [-0.2, 0) is 4.74 Å². The number of ether oxygens (including phenoxy) is 1. The summed E-state index contributed by atoms with van der Waals surface area (Å²) in [6.45, 7) is 4.86. The lowest BCUT2D eigenvalue weighted by molar-refractivity contribution is -0.122. The molecule has 1 aliphatic rings. The lowest BCUT2D eigenvalue weighted by Gasteiger charge is -2.42. The van der Waals surface area contributed by atoms with Gasteiger partial charge in [-0.15, -0.1) is 0 Å². The second-order valence-corrected chi connectivity index (χ2v) is 5.62. The van der Waals surface area contributed by atoms with E-state index >= 15 is 0 Å². The predicted octanol–water partition coefficient (Wildman–Crippen LogP) is 0.676. The zero-order chi connectivity index (χ0) is 14.9. The van der Waals surface area contributed by atoms with Crippen LogP contribution in [0.5, 0.6) is 11.5 Å². The second-order valence-electron chi connectivity index (χ2n) is 5.62. The van der Waals surface area contributed by atoms with Crippen molar-refractivity contribution in [3.8, 4) is 11.5 Å². The smallest absolute Gasteiger partial charge is 0.257 e. The Hall–Kier alpha value is -1.79. The van der Waals surface area contributed by atoms with Crippen molar-refractivity contribution in [1.29, 1.82) is 0 Å². The van der Waals surface area contributed by atoms with Crippen LogP contribution < -0.4 is 5.73 Å². The Morgan fingerprint density at radius 1 is 1.50 bits per heavy atom. The molecule has 0 saturated carbocycles. The highest BCUT2D eigenvalue weighted by molar-refractivity contribution is 5.97. The zero-order valence-corrected chi connectivity index (χ0v) is 11.7. The van der Waals surface area contributed by atoms with Crippen LogP contribution in [0.4, 0.5) is 0 Å². The molecule has 4 N–H and O–H groups in total. The number of amides is 1. The van der Waals surface area contributed by atoms with Crippen LogP contribution >= 0.6 is 0 Å². The van der Waals surface area contributed by atoms with Gasteiger partial charge in [-0.3, -0.25) is 4.79 Å². The molecule has 0 aliphatic carbocycles. The van der Waals surface area contributed by atoms with Crippen LogP contribution in [-0.4, -0.2) is 52.4 Å². The van der Waals surface area contributed by atoms with E-state index in [1.54, 1.807) is 4.90 Å². The van der Waals surface area contributed by atoms with Crippen molar-refractivity contribution >= 4 is 5.91 Å². The summed E-state index contributed by atoms with van der Waals surface area (Å²) >= 11 is 0. The van der Waals surface area contributed by atoms with Crippen LogP contribution in [0.3, 0.4) is 0 Å². The van der Waals surface area contributed by atoms with Gasteiger partial charge in [0.1, 0.15) is 11.5 Å². The quantitative estimate of drug-likeness (QED) is 0.692. The van der Waals surface area contributed by atoms with Gasteiger partial charge in [0, 0.05) is 19.6 Å². The third-order valence-electron chi connectivity index (χ3n) is 3.24. The first kappa shape index (κ1) is 14.6. The molecule has 1 aliphatic heterocycles. The summed E-state index contributed by atoms with van der Waals surface area (Å²) in [7, 11) is 0. The fourth-order valence-corrected chi connectivity index (χ4v) is 2.44. The second kappa shape index (κ2) is 5.30. The summed E-state index contributed by atoms with van der Waals surface area (Å²) < 4.78 is 5.76. The number of phenols is 2. The Morgan fingerprint density at radius 2 is 2.20 bits per heavy atom. The lowest BCUT2D eigenvalue weighted by atomic mass is 10.0. The van der Waals surface area contributed by atoms with Gasteiger partial charge in [-0.05, 0) is 32.0 Å². The molecule has 1 amide bonds. The maximum absolute atomic E-state index is 12.5. The summed E-state index contributed by atoms with van der Waals surface area (Å²) in [5.74, 6) is -0.552. The van der Waals surface area contributed by atoms with Gasteiger partial charge in [-0.25, -0.2) is 0 Å². The average molecular weight is 280 g/mol. The van der Waals surface area contributed by atoms with Crippen molar-refractivity contribution in [2.45, 2.75) is 25.6 Å². The molecular weight excluding hydrogens is 260 g/mol. The summed E-state index contributed by atoms with van der Waals surface area (Å²) in [5.41, 5.74) is 5.21. The SMILES string of the molecule is CC1(C)CN(C(=O)c2cc(O)ccc2O)CC(CN)O1. The van der Waals surface area contributed by atoms with Crippen LogP contribution in [0.2, 0.25) is 0 Å². The van der Waals surface area contributed by atoms with Crippen LogP contribution in [0, 0.1) is 0 Å². The first-order valence-corrected chi connectivity index (χ1v) is 6.51. The summed E-state index contributed by atoms with van der Waals surface area (Å²) in [6, 6.07) is 3.89. The molecule has 0 bridgehead atoms. The fourth-order valence-electron chi connectivity index (χ4n) is 2.44. The van der Waals surface area contributed by atoms with Crippen LogP contribution in [0.25, 0.3) is 0 Å². The minimum absolute atomic E-state index is 0.0611. The number of nitrogens with zero attached hydrogens (tertiary/aromatic N) is 1. The van der Waals surface area contributed by atoms with Gasteiger partial charge in [0.05, 0.1) is 17.3 Å². The third-order valence-corrected chi connectivity index (χ3v) is 3.24. The van der Waals surface area contributed by atoms with Gasteiger partial charge in [0.2, 0.25) is 0 Å². The molecule has 0 aromatic heterocycles. The van der Waals surface area contributed by atoms with Crippen molar-refractivity contribution in [2.75, 3.05) is 19.6 Å². The number of phenolic OH excluding ortho intramolecular Hbond substituents is 2. The number of nitrogens with two attached hydrogens (primary N) is 1. The summed E-state index contributed by atoms with van der Waals surface area (Å²) in [6.07, 6.45) is -0.234. The van der Waals surface area contributed by atoms with Gasteiger partial charge in [-0.2, -0.15) is 0 Å². The van der Waals surface area contributed by atoms with E-state index in [-0.39, 0.29) is 29.1 Å². The largest absolute Gasteiger partial charge is 0.508 e. The molecule has 1 aromatic carbocycles. The highest BCUT2D eigenvalue weighted by Gasteiger charge is 2.35. The molecule has 6 nitrogen and oxygen atoms in total. The molecule has 1 atom stereocenters. The lowest BCUT2D eigenvalue weighted by Crippen LogP contribution is -2.56. The highest BCUT2D eigenvalue weighted by Crippen LogP contribution is 2.27. The Morgan fingerprint density at radius 3 is 2.85 bits per heavy atom. The van der Waals surface area contributed by atoms with Crippen molar-refractivity contribution in [3.05, 3.63) is 23.8 Å². The molecule has 1 unspecified atom stereocenters. The van der Waals surface area contributed by atoms with E-state index < -0.39 is 5.60 Å². The topological polar surface area (TPSA) is 96.0 Å². The van der Waals surface area contributed by atoms with E-state index in [0.717, 1.165) is 0 Å². The Bertz CT molecular complexity index is 516. The van der Waals surface area contributed by atoms with Gasteiger partial charge in [0.15, 0.2) is 0 Å². The third kappa shape index (κ3) is 3.02. The van der Waals surface area contributed by atoms with Crippen molar-refractivity contribution in [1.82, 2.24) is 4.90 Å². The maximum Gasteiger partial charge on any atom is 0.257 e. The highest BCUT2D eigenvalue weighted by atomic mass is 16.5. The van der Waals surface area contributed by atoms with Crippen molar-refractivity contribution in [3.63, 3.8) is 0 Å². The monoisotopic (exact) mass is 280 g/mol. The normalized spacial score (nSPS) is 21.8. The Balaban J connectivity index is 2.25. The molecule has 1 aromatic rings. The first-order valence-electron chi connectivity index (χ1n) is 6.51. The fraction of sp³-hybridized carbons (Fsp3) is 0.500. The first-order chi connectivity index (χ1) is 9.32. The molecule has 6 heteroatoms. The molecule has 1 fully saturated rings. The van der Waals surface area contributed by atoms with E-state index in [1.165, 1.54) is 18.2 Å². The number of morpholine rings is 1. The number of hydrogen-bond donors (Lipinski definition) is 3. The number of carbonyl (C=O) groups is 1. The number of rotatable bonds is 2. The molecule has 20 heavy (non-hydrogen) atoms. The minimum Gasteiger partial charge on any atom is -0.508 e. The van der Waals surface area contributed by atoms with E-state index in [4.69, 9.17) is 10.5 Å². The standard InChI is InChI=1S/C14H20N2O4/c1-14(2)8-16(7-10(6-15)20-14)13(19)11-5-9(17)3-4-12(11)18/h3-5,10,17-18H,6-8,15H2,1-2H3. The zero-order valence-electron chi connectivity index (χ0n) is 11.7. The van der Waals surface area contributed by atoms with Gasteiger partial charge in [0.25, 0.3) is 5.91 Å². The van der Waals surface area contributed by atoms with Crippen molar-refractivity contribution < 1.29 is 19.7 Å². The van der Waals surface area contributed by atoms with E-state index in [9.17, 15) is 15.0 Å². The van der Waals surface area contributed by atoms with Crippen LogP contribution in [0.15, 0.2) is 18.2 Å². The number of aromatic hydroxyl groups is 2. The van der Waals surface area contributed by atoms with E-state index in [1.807, 2.05) is 13.8 Å². The van der Waals surface area contributed by atoms with E-state index in [2.05, 4.69) is 0 Å². The molecule has 2 rings (SSSR count). The summed E-state index contributed by atoms with van der Waals surface area (Å²) in [4.78, 5) is 14.1. The number of benzene rings is 1. The number of hydrogen-bond acceptors (Lipinski definition) is 5. The average Bonchev–Trinajstić information content (AvgIpc) is 2.38. The predicted molar refractivity (Wildman–Crippen MR) is 73.7 cm³/mol. The molecule has 0 spiro atoms. The van der Waals surface area contributed by atoms with Gasteiger partial charge < -0.3 is 25.6 Å². The molecule has 110 valence electrons. The van der Waals surface area contributed by atoms with Gasteiger partial charge >= 0.3 is 0 Å². The maximum atomic E-state index is 12.5. The van der Waals surface area contributed by atoms with Crippen LogP contribution in [0.1, 0.15) is 24.2 Å². The Kier molecular flexibility index (Phi) is 3.87. The minimum atomic E-state index is -0.496.